The Morgan fingerprint density at radius 1 is 1.40 bits per heavy atom. The maximum absolute atomic E-state index is 12.6. The van der Waals surface area contributed by atoms with Gasteiger partial charge in [0.25, 0.3) is 0 Å². The number of ether oxygens (including phenoxy) is 1. The number of nitrogens with zero attached hydrogens (tertiary/aromatic N) is 3. The van der Waals surface area contributed by atoms with Crippen molar-refractivity contribution in [3.05, 3.63) is 34.6 Å². The standard InChI is InChI=1S/C15H16ClF3N4O2/c1-8(2)6-21-14(24)23-9(3)4-12(22-23)25-13-11(16)5-10(7-20-13)15(17,18)19/h4-5,7-8H,6H2,1-3H3,(H,21,24). The number of rotatable bonds is 4. The fraction of sp³-hybridized carbons (Fsp3) is 0.400. The van der Waals surface area contributed by atoms with E-state index in [0.29, 0.717) is 24.5 Å². The van der Waals surface area contributed by atoms with Gasteiger partial charge in [0.2, 0.25) is 11.8 Å². The van der Waals surface area contributed by atoms with Gasteiger partial charge in [0.1, 0.15) is 5.02 Å². The molecule has 0 spiro atoms. The number of aryl methyl sites for hydroxylation is 1. The summed E-state index contributed by atoms with van der Waals surface area (Å²) in [5.74, 6) is 0.0268. The number of amides is 1. The van der Waals surface area contributed by atoms with Crippen molar-refractivity contribution in [3.8, 4) is 11.8 Å². The second kappa shape index (κ2) is 7.30. The zero-order valence-corrected chi connectivity index (χ0v) is 14.4. The first-order valence-electron chi connectivity index (χ1n) is 7.33. The molecule has 0 aliphatic rings. The average molecular weight is 377 g/mol. The van der Waals surface area contributed by atoms with Crippen molar-refractivity contribution in [1.29, 1.82) is 0 Å². The molecule has 136 valence electrons. The van der Waals surface area contributed by atoms with E-state index in [1.807, 2.05) is 13.8 Å². The number of alkyl halides is 3. The quantitative estimate of drug-likeness (QED) is 0.865. The molecule has 0 bridgehead atoms. The Morgan fingerprint density at radius 2 is 2.08 bits per heavy atom. The number of hydrogen-bond acceptors (Lipinski definition) is 4. The summed E-state index contributed by atoms with van der Waals surface area (Å²) in [6.45, 7) is 6.00. The zero-order valence-electron chi connectivity index (χ0n) is 13.7. The lowest BCUT2D eigenvalue weighted by molar-refractivity contribution is -0.137. The summed E-state index contributed by atoms with van der Waals surface area (Å²) in [6.07, 6.45) is -3.94. The van der Waals surface area contributed by atoms with Gasteiger partial charge in [0.05, 0.1) is 11.3 Å². The van der Waals surface area contributed by atoms with Crippen LogP contribution >= 0.6 is 11.6 Å². The molecule has 0 saturated heterocycles. The molecule has 25 heavy (non-hydrogen) atoms. The molecule has 10 heteroatoms. The van der Waals surface area contributed by atoms with Crippen LogP contribution in [0.3, 0.4) is 0 Å². The Bertz CT molecular complexity index is 775. The van der Waals surface area contributed by atoms with Crippen molar-refractivity contribution in [2.24, 2.45) is 5.92 Å². The summed E-state index contributed by atoms with van der Waals surface area (Å²) in [5.41, 5.74) is -0.501. The third kappa shape index (κ3) is 4.85. The van der Waals surface area contributed by atoms with E-state index in [2.05, 4.69) is 15.4 Å². The van der Waals surface area contributed by atoms with E-state index in [1.54, 1.807) is 6.92 Å². The topological polar surface area (TPSA) is 69.0 Å². The highest BCUT2D eigenvalue weighted by Crippen LogP contribution is 2.34. The SMILES string of the molecule is Cc1cc(Oc2ncc(C(F)(F)F)cc2Cl)nn1C(=O)NCC(C)C. The number of halogens is 4. The predicted octanol–water partition coefficient (Wildman–Crippen LogP) is 4.26. The molecule has 2 aromatic rings. The van der Waals surface area contributed by atoms with E-state index in [1.165, 1.54) is 6.07 Å². The van der Waals surface area contributed by atoms with E-state index in [0.717, 1.165) is 4.68 Å². The van der Waals surface area contributed by atoms with Gasteiger partial charge in [-0.05, 0) is 18.9 Å². The second-order valence-electron chi connectivity index (χ2n) is 5.73. The van der Waals surface area contributed by atoms with Crippen LogP contribution in [-0.2, 0) is 6.18 Å². The van der Waals surface area contributed by atoms with E-state index in [-0.39, 0.29) is 22.7 Å². The van der Waals surface area contributed by atoms with Gasteiger partial charge in [-0.2, -0.15) is 17.9 Å². The molecular formula is C15H16ClF3N4O2. The molecule has 0 aliphatic heterocycles. The van der Waals surface area contributed by atoms with Crippen molar-refractivity contribution in [1.82, 2.24) is 20.1 Å². The highest BCUT2D eigenvalue weighted by molar-refractivity contribution is 6.31. The Kier molecular flexibility index (Phi) is 5.56. The van der Waals surface area contributed by atoms with Crippen LogP contribution in [0.4, 0.5) is 18.0 Å². The van der Waals surface area contributed by atoms with E-state index < -0.39 is 17.8 Å². The summed E-state index contributed by atoms with van der Waals surface area (Å²) in [7, 11) is 0. The molecule has 1 amide bonds. The first kappa shape index (κ1) is 19.0. The van der Waals surface area contributed by atoms with Crippen LogP contribution < -0.4 is 10.1 Å². The van der Waals surface area contributed by atoms with Crippen molar-refractivity contribution >= 4 is 17.6 Å². The molecule has 2 rings (SSSR count). The van der Waals surface area contributed by atoms with Crippen LogP contribution in [0.5, 0.6) is 11.8 Å². The molecular weight excluding hydrogens is 361 g/mol. The van der Waals surface area contributed by atoms with Gasteiger partial charge < -0.3 is 10.1 Å². The minimum atomic E-state index is -4.55. The maximum Gasteiger partial charge on any atom is 0.417 e. The Balaban J connectivity index is 2.16. The summed E-state index contributed by atoms with van der Waals surface area (Å²) in [5, 5.41) is 6.33. The Morgan fingerprint density at radius 3 is 2.64 bits per heavy atom. The molecule has 1 N–H and O–H groups in total. The van der Waals surface area contributed by atoms with Crippen LogP contribution in [0.1, 0.15) is 25.1 Å². The summed E-state index contributed by atoms with van der Waals surface area (Å²) in [6, 6.07) is 1.72. The van der Waals surface area contributed by atoms with Crippen LogP contribution in [0.15, 0.2) is 18.3 Å². The van der Waals surface area contributed by atoms with Gasteiger partial charge >= 0.3 is 12.2 Å². The number of pyridine rings is 1. The number of aromatic nitrogens is 3. The zero-order chi connectivity index (χ0) is 18.8. The van der Waals surface area contributed by atoms with E-state index in [9.17, 15) is 18.0 Å². The molecule has 0 aliphatic carbocycles. The lowest BCUT2D eigenvalue weighted by atomic mass is 10.2. The van der Waals surface area contributed by atoms with Gasteiger partial charge in [0.15, 0.2) is 0 Å². The smallest absolute Gasteiger partial charge is 0.417 e. The third-order valence-corrected chi connectivity index (χ3v) is 3.33. The third-order valence-electron chi connectivity index (χ3n) is 3.05. The lowest BCUT2D eigenvalue weighted by Crippen LogP contribution is -2.32. The monoisotopic (exact) mass is 376 g/mol. The molecule has 0 aromatic carbocycles. The summed E-state index contributed by atoms with van der Waals surface area (Å²) >= 11 is 5.78. The van der Waals surface area contributed by atoms with Crippen molar-refractivity contribution in [2.45, 2.75) is 26.9 Å². The van der Waals surface area contributed by atoms with Crippen molar-refractivity contribution in [3.63, 3.8) is 0 Å². The van der Waals surface area contributed by atoms with Gasteiger partial charge in [-0.1, -0.05) is 25.4 Å². The van der Waals surface area contributed by atoms with Crippen LogP contribution in [0.25, 0.3) is 0 Å². The van der Waals surface area contributed by atoms with Crippen molar-refractivity contribution in [2.75, 3.05) is 6.54 Å². The molecule has 2 heterocycles. The highest BCUT2D eigenvalue weighted by Gasteiger charge is 2.32. The van der Waals surface area contributed by atoms with Crippen molar-refractivity contribution < 1.29 is 22.7 Å². The molecule has 0 radical (unpaired) electrons. The molecule has 0 fully saturated rings. The minimum Gasteiger partial charge on any atom is -0.417 e. The van der Waals surface area contributed by atoms with Gasteiger partial charge in [-0.25, -0.2) is 9.78 Å². The van der Waals surface area contributed by atoms with Gasteiger partial charge in [0, 0.05) is 18.8 Å². The number of carbonyl (C=O) groups excluding carboxylic acids is 1. The van der Waals surface area contributed by atoms with E-state index in [4.69, 9.17) is 16.3 Å². The largest absolute Gasteiger partial charge is 0.417 e. The number of carbonyl (C=O) groups is 1. The summed E-state index contributed by atoms with van der Waals surface area (Å²) in [4.78, 5) is 15.6. The number of nitrogens with one attached hydrogen (secondary N) is 1. The van der Waals surface area contributed by atoms with Crippen LogP contribution in [0, 0.1) is 12.8 Å². The predicted molar refractivity (Wildman–Crippen MR) is 84.9 cm³/mol. The molecule has 0 unspecified atom stereocenters. The molecule has 6 nitrogen and oxygen atoms in total. The van der Waals surface area contributed by atoms with Crippen LogP contribution in [0.2, 0.25) is 5.02 Å². The fourth-order valence-corrected chi connectivity index (χ4v) is 2.03. The molecule has 0 saturated carbocycles. The highest BCUT2D eigenvalue weighted by atomic mass is 35.5. The van der Waals surface area contributed by atoms with E-state index >= 15 is 0 Å². The second-order valence-corrected chi connectivity index (χ2v) is 6.13. The van der Waals surface area contributed by atoms with Gasteiger partial charge in [-0.15, -0.1) is 5.10 Å². The van der Waals surface area contributed by atoms with Gasteiger partial charge in [-0.3, -0.25) is 0 Å². The Labute approximate surface area is 146 Å². The normalized spacial score (nSPS) is 11.7. The number of hydrogen-bond donors (Lipinski definition) is 1. The first-order chi connectivity index (χ1) is 11.6. The lowest BCUT2D eigenvalue weighted by Gasteiger charge is -2.09. The first-order valence-corrected chi connectivity index (χ1v) is 7.71. The molecule has 0 atom stereocenters. The maximum atomic E-state index is 12.6. The van der Waals surface area contributed by atoms with Crippen LogP contribution in [-0.4, -0.2) is 27.3 Å². The summed E-state index contributed by atoms with van der Waals surface area (Å²) < 4.78 is 44.2. The minimum absolute atomic E-state index is 0.00800. The molecule has 2 aromatic heterocycles. The fourth-order valence-electron chi connectivity index (χ4n) is 1.82. The average Bonchev–Trinajstić information content (AvgIpc) is 2.86. The Hall–Kier alpha value is -2.29.